The minimum Gasteiger partial charge on any atom is -0.271 e. The van der Waals surface area contributed by atoms with Gasteiger partial charge in [0.15, 0.2) is 9.84 Å². The van der Waals surface area contributed by atoms with Gasteiger partial charge in [-0.05, 0) is 31.9 Å². The molecule has 17 heavy (non-hydrogen) atoms. The average molecular weight is 256 g/mol. The molecule has 0 bridgehead atoms. The van der Waals surface area contributed by atoms with E-state index in [1.165, 1.54) is 6.26 Å². The van der Waals surface area contributed by atoms with Crippen LogP contribution in [0.4, 0.5) is 0 Å². The Balaban J connectivity index is 3.23. The number of aryl methyl sites for hydroxylation is 2. The molecule has 0 saturated carbocycles. The van der Waals surface area contributed by atoms with E-state index in [9.17, 15) is 8.42 Å². The Kier molecular flexibility index (Phi) is 4.30. The van der Waals surface area contributed by atoms with Crippen molar-refractivity contribution in [3.05, 3.63) is 34.9 Å². The van der Waals surface area contributed by atoms with E-state index in [2.05, 4.69) is 5.43 Å². The quantitative estimate of drug-likeness (QED) is 0.628. The van der Waals surface area contributed by atoms with Gasteiger partial charge in [0, 0.05) is 6.26 Å². The van der Waals surface area contributed by atoms with Crippen molar-refractivity contribution in [2.45, 2.75) is 32.1 Å². The van der Waals surface area contributed by atoms with Crippen LogP contribution >= 0.6 is 0 Å². The molecule has 0 aliphatic heterocycles. The lowest BCUT2D eigenvalue weighted by molar-refractivity contribution is 0.511. The Morgan fingerprint density at radius 2 is 1.88 bits per heavy atom. The fourth-order valence-electron chi connectivity index (χ4n) is 1.82. The molecule has 1 aromatic rings. The van der Waals surface area contributed by atoms with Crippen LogP contribution < -0.4 is 11.3 Å². The highest BCUT2D eigenvalue weighted by molar-refractivity contribution is 7.91. The molecule has 0 aromatic heterocycles. The summed E-state index contributed by atoms with van der Waals surface area (Å²) in [5.74, 6) is 5.51. The highest BCUT2D eigenvalue weighted by Gasteiger charge is 2.27. The van der Waals surface area contributed by atoms with Gasteiger partial charge in [-0.1, -0.05) is 23.8 Å². The first-order valence-electron chi connectivity index (χ1n) is 5.49. The molecule has 0 heterocycles. The van der Waals surface area contributed by atoms with Crippen molar-refractivity contribution in [3.63, 3.8) is 0 Å². The third-order valence-electron chi connectivity index (χ3n) is 3.09. The highest BCUT2D eigenvalue weighted by Crippen LogP contribution is 2.24. The summed E-state index contributed by atoms with van der Waals surface area (Å²) in [5, 5.41) is -0.562. The van der Waals surface area contributed by atoms with E-state index < -0.39 is 15.1 Å². The van der Waals surface area contributed by atoms with Crippen molar-refractivity contribution < 1.29 is 8.42 Å². The van der Waals surface area contributed by atoms with Gasteiger partial charge in [-0.3, -0.25) is 11.3 Å². The van der Waals surface area contributed by atoms with Crippen LogP contribution in [0.3, 0.4) is 0 Å². The van der Waals surface area contributed by atoms with E-state index in [1.807, 2.05) is 32.0 Å². The number of hydrogen-bond donors (Lipinski definition) is 2. The van der Waals surface area contributed by atoms with Crippen LogP contribution in [0.25, 0.3) is 0 Å². The molecule has 1 aromatic carbocycles. The molecule has 0 spiro atoms. The maximum absolute atomic E-state index is 11.6. The zero-order valence-electron chi connectivity index (χ0n) is 10.7. The minimum atomic E-state index is -3.13. The van der Waals surface area contributed by atoms with E-state index in [1.54, 1.807) is 6.92 Å². The molecule has 2 unspecified atom stereocenters. The first kappa shape index (κ1) is 14.2. The van der Waals surface area contributed by atoms with Gasteiger partial charge in [-0.25, -0.2) is 8.42 Å². The largest absolute Gasteiger partial charge is 0.271 e. The summed E-state index contributed by atoms with van der Waals surface area (Å²) >= 11 is 0. The Bertz CT molecular complexity index is 497. The zero-order valence-corrected chi connectivity index (χ0v) is 11.5. The summed E-state index contributed by atoms with van der Waals surface area (Å²) in [6.45, 7) is 5.59. The first-order chi connectivity index (χ1) is 7.77. The molecule has 5 heteroatoms. The predicted octanol–water partition coefficient (Wildman–Crippen LogP) is 1.24. The van der Waals surface area contributed by atoms with Gasteiger partial charge in [-0.2, -0.15) is 0 Å². The normalized spacial score (nSPS) is 15.6. The lowest BCUT2D eigenvalue weighted by Gasteiger charge is -2.24. The number of benzene rings is 1. The lowest BCUT2D eigenvalue weighted by atomic mass is 9.97. The van der Waals surface area contributed by atoms with Crippen molar-refractivity contribution in [1.29, 1.82) is 0 Å². The molecule has 0 saturated heterocycles. The van der Waals surface area contributed by atoms with Crippen molar-refractivity contribution in [1.82, 2.24) is 5.43 Å². The lowest BCUT2D eigenvalue weighted by Crippen LogP contribution is -2.39. The van der Waals surface area contributed by atoms with Gasteiger partial charge >= 0.3 is 0 Å². The summed E-state index contributed by atoms with van der Waals surface area (Å²) in [6.07, 6.45) is 1.23. The standard InChI is InChI=1S/C12H20N2O2S/c1-8-5-6-9(2)11(7-8)12(14-13)10(3)17(4,15)16/h5-7,10,12,14H,13H2,1-4H3. The number of rotatable bonds is 4. The molecule has 0 fully saturated rings. The molecule has 0 amide bonds. The topological polar surface area (TPSA) is 72.2 Å². The third-order valence-corrected chi connectivity index (χ3v) is 4.72. The van der Waals surface area contributed by atoms with Crippen molar-refractivity contribution >= 4 is 9.84 Å². The molecule has 1 rings (SSSR count). The molecule has 3 N–H and O–H groups in total. The second-order valence-electron chi connectivity index (χ2n) is 4.54. The summed E-state index contributed by atoms with van der Waals surface area (Å²) in [4.78, 5) is 0. The summed E-state index contributed by atoms with van der Waals surface area (Å²) < 4.78 is 23.2. The van der Waals surface area contributed by atoms with Gasteiger partial charge in [0.2, 0.25) is 0 Å². The van der Waals surface area contributed by atoms with Gasteiger partial charge in [0.05, 0.1) is 11.3 Å². The van der Waals surface area contributed by atoms with Gasteiger partial charge < -0.3 is 0 Å². The molecular weight excluding hydrogens is 236 g/mol. The molecule has 0 aliphatic rings. The van der Waals surface area contributed by atoms with Crippen LogP contribution in [0.15, 0.2) is 18.2 Å². The second kappa shape index (κ2) is 5.16. The SMILES string of the molecule is Cc1ccc(C)c(C(NN)C(C)S(C)(=O)=O)c1. The average Bonchev–Trinajstić information content (AvgIpc) is 2.22. The maximum atomic E-state index is 11.6. The van der Waals surface area contributed by atoms with Crippen LogP contribution in [0.5, 0.6) is 0 Å². The summed E-state index contributed by atoms with van der Waals surface area (Å²) in [7, 11) is -3.13. The van der Waals surface area contributed by atoms with Crippen LogP contribution in [0.2, 0.25) is 0 Å². The van der Waals surface area contributed by atoms with E-state index in [4.69, 9.17) is 5.84 Å². The Morgan fingerprint density at radius 1 is 1.29 bits per heavy atom. The summed E-state index contributed by atoms with van der Waals surface area (Å²) in [5.41, 5.74) is 5.67. The number of hydrazine groups is 1. The van der Waals surface area contributed by atoms with Crippen LogP contribution in [-0.4, -0.2) is 19.9 Å². The number of nitrogens with two attached hydrogens (primary N) is 1. The zero-order chi connectivity index (χ0) is 13.2. The van der Waals surface area contributed by atoms with Crippen molar-refractivity contribution in [2.24, 2.45) is 5.84 Å². The molecule has 4 nitrogen and oxygen atoms in total. The van der Waals surface area contributed by atoms with Gasteiger partial charge in [-0.15, -0.1) is 0 Å². The Labute approximate surface area is 103 Å². The smallest absolute Gasteiger partial charge is 0.151 e. The predicted molar refractivity (Wildman–Crippen MR) is 70.3 cm³/mol. The maximum Gasteiger partial charge on any atom is 0.151 e. The minimum absolute atomic E-state index is 0.384. The molecule has 2 atom stereocenters. The number of hydrogen-bond acceptors (Lipinski definition) is 4. The monoisotopic (exact) mass is 256 g/mol. The van der Waals surface area contributed by atoms with Gasteiger partial charge in [0.1, 0.15) is 0 Å². The first-order valence-corrected chi connectivity index (χ1v) is 7.45. The fraction of sp³-hybridized carbons (Fsp3) is 0.500. The van der Waals surface area contributed by atoms with E-state index >= 15 is 0 Å². The second-order valence-corrected chi connectivity index (χ2v) is 6.94. The molecule has 96 valence electrons. The summed E-state index contributed by atoms with van der Waals surface area (Å²) in [6, 6.07) is 5.56. The molecule has 0 radical (unpaired) electrons. The van der Waals surface area contributed by atoms with Crippen molar-refractivity contribution in [2.75, 3.05) is 6.26 Å². The van der Waals surface area contributed by atoms with Crippen LogP contribution in [0, 0.1) is 13.8 Å². The van der Waals surface area contributed by atoms with E-state index in [0.717, 1.165) is 16.7 Å². The van der Waals surface area contributed by atoms with Crippen LogP contribution in [-0.2, 0) is 9.84 Å². The van der Waals surface area contributed by atoms with Crippen LogP contribution in [0.1, 0.15) is 29.7 Å². The van der Waals surface area contributed by atoms with Crippen molar-refractivity contribution in [3.8, 4) is 0 Å². The molecular formula is C12H20N2O2S. The number of sulfone groups is 1. The molecule has 0 aliphatic carbocycles. The van der Waals surface area contributed by atoms with E-state index in [-0.39, 0.29) is 6.04 Å². The Hall–Kier alpha value is -0.910. The highest BCUT2D eigenvalue weighted by atomic mass is 32.2. The third kappa shape index (κ3) is 3.28. The van der Waals surface area contributed by atoms with E-state index in [0.29, 0.717) is 0 Å². The van der Waals surface area contributed by atoms with Gasteiger partial charge in [0.25, 0.3) is 0 Å². The fourth-order valence-corrected chi connectivity index (χ4v) is 2.54. The Morgan fingerprint density at radius 3 is 2.35 bits per heavy atom. The number of nitrogens with one attached hydrogen (secondary N) is 1.